The van der Waals surface area contributed by atoms with Gasteiger partial charge >= 0.3 is 18.1 Å². The summed E-state index contributed by atoms with van der Waals surface area (Å²) >= 11 is 0. The lowest BCUT2D eigenvalue weighted by Crippen LogP contribution is -2.36. The van der Waals surface area contributed by atoms with Crippen molar-refractivity contribution in [2.75, 3.05) is 0 Å². The summed E-state index contributed by atoms with van der Waals surface area (Å²) in [4.78, 5) is 23.2. The summed E-state index contributed by atoms with van der Waals surface area (Å²) in [6.45, 7) is 8.20. The van der Waals surface area contributed by atoms with Crippen LogP contribution < -0.4 is 0 Å². The highest BCUT2D eigenvalue weighted by Crippen LogP contribution is 2.30. The zero-order valence-electron chi connectivity index (χ0n) is 12.4. The van der Waals surface area contributed by atoms with Gasteiger partial charge in [-0.05, 0) is 33.6 Å². The van der Waals surface area contributed by atoms with Crippen molar-refractivity contribution >= 4 is 11.9 Å². The molecule has 0 bridgehead atoms. The molecule has 0 aliphatic carbocycles. The first-order valence-corrected chi connectivity index (χ1v) is 6.50. The van der Waals surface area contributed by atoms with Crippen LogP contribution >= 0.6 is 0 Å². The minimum atomic E-state index is -4.47. The van der Waals surface area contributed by atoms with Gasteiger partial charge in [-0.2, -0.15) is 13.2 Å². The van der Waals surface area contributed by atoms with Gasteiger partial charge in [-0.25, -0.2) is 0 Å². The molecule has 0 saturated carbocycles. The average molecular weight is 310 g/mol. The van der Waals surface area contributed by atoms with Gasteiger partial charge in [-0.15, -0.1) is 6.58 Å². The number of allylic oxidation sites excluding steroid dienone is 1. The van der Waals surface area contributed by atoms with Crippen molar-refractivity contribution in [1.29, 1.82) is 0 Å². The first kappa shape index (κ1) is 19.5. The second-order valence-electron chi connectivity index (χ2n) is 5.76. The molecule has 1 N–H and O–H groups in total. The van der Waals surface area contributed by atoms with E-state index in [2.05, 4.69) is 6.58 Å². The van der Waals surface area contributed by atoms with Crippen molar-refractivity contribution in [3.8, 4) is 0 Å². The van der Waals surface area contributed by atoms with E-state index in [1.165, 1.54) is 6.08 Å². The second-order valence-corrected chi connectivity index (χ2v) is 5.76. The van der Waals surface area contributed by atoms with E-state index in [9.17, 15) is 22.8 Å². The molecule has 7 heteroatoms. The maximum absolute atomic E-state index is 12.3. The lowest BCUT2D eigenvalue weighted by Gasteiger charge is -2.27. The Kier molecular flexibility index (Phi) is 6.93. The number of esters is 1. The van der Waals surface area contributed by atoms with Crippen molar-refractivity contribution in [1.82, 2.24) is 0 Å². The van der Waals surface area contributed by atoms with Crippen LogP contribution in [0.3, 0.4) is 0 Å². The number of carbonyl (C=O) groups is 2. The molecule has 0 rings (SSSR count). The highest BCUT2D eigenvalue weighted by atomic mass is 19.4. The fourth-order valence-corrected chi connectivity index (χ4v) is 1.80. The number of ether oxygens (including phenoxy) is 1. The predicted molar refractivity (Wildman–Crippen MR) is 70.6 cm³/mol. The second kappa shape index (κ2) is 7.47. The Labute approximate surface area is 122 Å². The Bertz CT molecular complexity index is 383. The molecule has 2 atom stereocenters. The van der Waals surface area contributed by atoms with E-state index in [4.69, 9.17) is 9.84 Å². The maximum atomic E-state index is 12.3. The van der Waals surface area contributed by atoms with Gasteiger partial charge in [-0.1, -0.05) is 6.08 Å². The topological polar surface area (TPSA) is 63.6 Å². The molecular formula is C14H21F3O4. The molecule has 21 heavy (non-hydrogen) atoms. The Hall–Kier alpha value is -1.53. The molecule has 0 aliphatic rings. The standard InChI is InChI=1S/C14H21F3O4/c1-5-6-10(12(20)21-13(2,3)4)9(11(18)19)7-8-14(15,16)17/h5,9-10H,1,6-8H2,2-4H3,(H,18,19). The average Bonchev–Trinajstić information content (AvgIpc) is 2.23. The first-order chi connectivity index (χ1) is 9.37. The highest BCUT2D eigenvalue weighted by molar-refractivity contribution is 5.81. The number of hydrogen-bond acceptors (Lipinski definition) is 3. The van der Waals surface area contributed by atoms with Crippen LogP contribution in [0.4, 0.5) is 13.2 Å². The summed E-state index contributed by atoms with van der Waals surface area (Å²) < 4.78 is 41.9. The number of halogens is 3. The van der Waals surface area contributed by atoms with Crippen LogP contribution in [0.5, 0.6) is 0 Å². The summed E-state index contributed by atoms with van der Waals surface area (Å²) in [7, 11) is 0. The van der Waals surface area contributed by atoms with E-state index >= 15 is 0 Å². The smallest absolute Gasteiger partial charge is 0.389 e. The number of carboxylic acids is 1. The zero-order chi connectivity index (χ0) is 16.8. The van der Waals surface area contributed by atoms with E-state index < -0.39 is 48.4 Å². The third-order valence-corrected chi connectivity index (χ3v) is 2.67. The van der Waals surface area contributed by atoms with Gasteiger partial charge in [0.2, 0.25) is 0 Å². The molecular weight excluding hydrogens is 289 g/mol. The molecule has 0 heterocycles. The van der Waals surface area contributed by atoms with Crippen molar-refractivity contribution in [3.63, 3.8) is 0 Å². The third-order valence-electron chi connectivity index (χ3n) is 2.67. The molecule has 0 spiro atoms. The molecule has 0 radical (unpaired) electrons. The molecule has 2 unspecified atom stereocenters. The quantitative estimate of drug-likeness (QED) is 0.577. The van der Waals surface area contributed by atoms with Gasteiger partial charge in [0.15, 0.2) is 0 Å². The maximum Gasteiger partial charge on any atom is 0.389 e. The molecule has 0 aliphatic heterocycles. The van der Waals surface area contributed by atoms with E-state index in [1.54, 1.807) is 20.8 Å². The predicted octanol–water partition coefficient (Wildman–Crippen LogP) is 3.56. The Balaban J connectivity index is 5.11. The SMILES string of the molecule is C=CCC(C(=O)OC(C)(C)C)C(CCC(F)(F)F)C(=O)O. The molecule has 0 saturated heterocycles. The molecule has 0 fully saturated rings. The van der Waals surface area contributed by atoms with Crippen molar-refractivity contribution < 1.29 is 32.6 Å². The largest absolute Gasteiger partial charge is 0.481 e. The van der Waals surface area contributed by atoms with Crippen molar-refractivity contribution in [2.45, 2.75) is 51.8 Å². The van der Waals surface area contributed by atoms with E-state index in [0.29, 0.717) is 0 Å². The summed E-state index contributed by atoms with van der Waals surface area (Å²) in [6, 6.07) is 0. The summed E-state index contributed by atoms with van der Waals surface area (Å²) in [5.41, 5.74) is -0.844. The molecule has 122 valence electrons. The van der Waals surface area contributed by atoms with Crippen LogP contribution in [0.2, 0.25) is 0 Å². The number of carbonyl (C=O) groups excluding carboxylic acids is 1. The van der Waals surface area contributed by atoms with Crippen LogP contribution in [0.15, 0.2) is 12.7 Å². The number of rotatable bonds is 7. The minimum absolute atomic E-state index is 0.0518. The van der Waals surface area contributed by atoms with E-state index in [-0.39, 0.29) is 6.42 Å². The van der Waals surface area contributed by atoms with Crippen LogP contribution in [0.25, 0.3) is 0 Å². The number of carboxylic acid groups (broad SMARTS) is 1. The molecule has 0 amide bonds. The summed E-state index contributed by atoms with van der Waals surface area (Å²) in [5.74, 6) is -4.91. The molecule has 4 nitrogen and oxygen atoms in total. The lowest BCUT2D eigenvalue weighted by molar-refractivity contribution is -0.169. The van der Waals surface area contributed by atoms with Crippen LogP contribution in [0, 0.1) is 11.8 Å². The van der Waals surface area contributed by atoms with Crippen molar-refractivity contribution in [3.05, 3.63) is 12.7 Å². The summed E-state index contributed by atoms with van der Waals surface area (Å²) in [6.07, 6.45) is -5.15. The van der Waals surface area contributed by atoms with Gasteiger partial charge in [-0.3, -0.25) is 9.59 Å². The van der Waals surface area contributed by atoms with Crippen LogP contribution in [-0.4, -0.2) is 28.8 Å². The molecule has 0 aromatic rings. The van der Waals surface area contributed by atoms with Gasteiger partial charge in [0.25, 0.3) is 0 Å². The molecule has 0 aromatic carbocycles. The van der Waals surface area contributed by atoms with Crippen LogP contribution in [0.1, 0.15) is 40.0 Å². The van der Waals surface area contributed by atoms with Gasteiger partial charge in [0, 0.05) is 6.42 Å². The van der Waals surface area contributed by atoms with Crippen LogP contribution in [-0.2, 0) is 14.3 Å². The Morgan fingerprint density at radius 2 is 1.76 bits per heavy atom. The van der Waals surface area contributed by atoms with Crippen molar-refractivity contribution in [2.24, 2.45) is 11.8 Å². The fourth-order valence-electron chi connectivity index (χ4n) is 1.80. The number of hydrogen-bond donors (Lipinski definition) is 1. The molecule has 0 aromatic heterocycles. The third kappa shape index (κ3) is 8.37. The number of alkyl halides is 3. The summed E-state index contributed by atoms with van der Waals surface area (Å²) in [5, 5.41) is 9.10. The monoisotopic (exact) mass is 310 g/mol. The normalized spacial score (nSPS) is 15.1. The fraction of sp³-hybridized carbons (Fsp3) is 0.714. The Morgan fingerprint density at radius 3 is 2.10 bits per heavy atom. The highest BCUT2D eigenvalue weighted by Gasteiger charge is 2.38. The number of aliphatic carboxylic acids is 1. The van der Waals surface area contributed by atoms with Gasteiger partial charge in [0.05, 0.1) is 11.8 Å². The zero-order valence-corrected chi connectivity index (χ0v) is 12.4. The Morgan fingerprint density at radius 1 is 1.24 bits per heavy atom. The van der Waals surface area contributed by atoms with Gasteiger partial charge in [0.1, 0.15) is 5.60 Å². The van der Waals surface area contributed by atoms with E-state index in [0.717, 1.165) is 0 Å². The first-order valence-electron chi connectivity index (χ1n) is 6.50. The lowest BCUT2D eigenvalue weighted by atomic mass is 9.85. The minimum Gasteiger partial charge on any atom is -0.481 e. The van der Waals surface area contributed by atoms with E-state index in [1.807, 2.05) is 0 Å². The van der Waals surface area contributed by atoms with Gasteiger partial charge < -0.3 is 9.84 Å².